The molecule has 0 saturated carbocycles. The van der Waals surface area contributed by atoms with E-state index in [-0.39, 0.29) is 12.2 Å². The molecule has 0 N–H and O–H groups in total. The van der Waals surface area contributed by atoms with Crippen molar-refractivity contribution in [2.24, 2.45) is 5.41 Å². The molecule has 1 aliphatic rings. The van der Waals surface area contributed by atoms with E-state index in [1.54, 1.807) is 24.4 Å². The number of hydrogen-bond donors (Lipinski definition) is 0. The van der Waals surface area contributed by atoms with Crippen LogP contribution in [0.25, 0.3) is 11.1 Å². The van der Waals surface area contributed by atoms with Crippen LogP contribution in [0.2, 0.25) is 0 Å². The fourth-order valence-corrected chi connectivity index (χ4v) is 3.73. The molecule has 0 unspecified atom stereocenters. The van der Waals surface area contributed by atoms with Gasteiger partial charge in [-0.05, 0) is 31.2 Å². The van der Waals surface area contributed by atoms with E-state index in [0.717, 1.165) is 49.2 Å². The molecule has 1 aromatic carbocycles. The monoisotopic (exact) mass is 370 g/mol. The lowest BCUT2D eigenvalue weighted by Gasteiger charge is -2.40. The molecule has 0 aliphatic carbocycles. The lowest BCUT2D eigenvalue weighted by atomic mass is 9.82. The third-order valence-electron chi connectivity index (χ3n) is 5.56. The van der Waals surface area contributed by atoms with Gasteiger partial charge >= 0.3 is 0 Å². The number of hydrogen-bond acceptors (Lipinski definition) is 4. The molecule has 0 spiro atoms. The van der Waals surface area contributed by atoms with Crippen molar-refractivity contribution in [2.45, 2.75) is 40.0 Å². The van der Waals surface area contributed by atoms with Crippen LogP contribution < -0.4 is 9.64 Å². The van der Waals surface area contributed by atoms with Gasteiger partial charge in [-0.1, -0.05) is 26.0 Å². The Morgan fingerprint density at radius 1 is 1.26 bits per heavy atom. The lowest BCUT2D eigenvalue weighted by molar-refractivity contribution is -0.107. The summed E-state index contributed by atoms with van der Waals surface area (Å²) in [4.78, 5) is 18.1. The second kappa shape index (κ2) is 7.67. The summed E-state index contributed by atoms with van der Waals surface area (Å²) in [6, 6.07) is 5.13. The van der Waals surface area contributed by atoms with Gasteiger partial charge in [-0.3, -0.25) is 4.98 Å². The highest BCUT2D eigenvalue weighted by atomic mass is 19.1. The van der Waals surface area contributed by atoms with Crippen LogP contribution >= 0.6 is 0 Å². The highest BCUT2D eigenvalue weighted by Gasteiger charge is 2.29. The summed E-state index contributed by atoms with van der Waals surface area (Å²) in [6.07, 6.45) is 4.99. The van der Waals surface area contributed by atoms with Gasteiger partial charge in [0, 0.05) is 48.1 Å². The number of carbonyl (C=O) groups is 1. The van der Waals surface area contributed by atoms with Gasteiger partial charge in [0.25, 0.3) is 0 Å². The van der Waals surface area contributed by atoms with Gasteiger partial charge in [0.2, 0.25) is 0 Å². The highest BCUT2D eigenvalue weighted by Crippen LogP contribution is 2.41. The van der Waals surface area contributed by atoms with Gasteiger partial charge in [0.1, 0.15) is 6.29 Å². The Balaban J connectivity index is 2.17. The molecule has 4 nitrogen and oxygen atoms in total. The van der Waals surface area contributed by atoms with E-state index in [1.807, 2.05) is 6.92 Å². The van der Waals surface area contributed by atoms with Crippen LogP contribution in [0.5, 0.6) is 5.75 Å². The number of rotatable bonds is 5. The van der Waals surface area contributed by atoms with Crippen molar-refractivity contribution in [3.8, 4) is 16.9 Å². The van der Waals surface area contributed by atoms with Crippen LogP contribution in [0.15, 0.2) is 24.4 Å². The Morgan fingerprint density at radius 2 is 1.96 bits per heavy atom. The molecular weight excluding hydrogens is 343 g/mol. The predicted octanol–water partition coefficient (Wildman–Crippen LogP) is 4.57. The minimum absolute atomic E-state index is 0.204. The summed E-state index contributed by atoms with van der Waals surface area (Å²) in [5, 5.41) is 0. The smallest absolute Gasteiger partial charge is 0.172 e. The van der Waals surface area contributed by atoms with Crippen molar-refractivity contribution in [3.63, 3.8) is 0 Å². The lowest BCUT2D eigenvalue weighted by Crippen LogP contribution is -2.38. The first-order chi connectivity index (χ1) is 12.9. The molecule has 5 heteroatoms. The molecule has 2 aromatic rings. The summed E-state index contributed by atoms with van der Waals surface area (Å²) in [5.41, 5.74) is 4.09. The molecule has 3 rings (SSSR count). The minimum Gasteiger partial charge on any atom is -0.494 e. The van der Waals surface area contributed by atoms with Gasteiger partial charge in [0.05, 0.1) is 12.8 Å². The number of aldehydes is 1. The maximum absolute atomic E-state index is 15.0. The van der Waals surface area contributed by atoms with Crippen molar-refractivity contribution < 1.29 is 13.9 Å². The third-order valence-corrected chi connectivity index (χ3v) is 5.56. The molecule has 0 bridgehead atoms. The van der Waals surface area contributed by atoms with Crippen molar-refractivity contribution in [3.05, 3.63) is 41.5 Å². The molecule has 0 amide bonds. The first-order valence-corrected chi connectivity index (χ1v) is 9.38. The zero-order valence-electron chi connectivity index (χ0n) is 16.5. The zero-order chi connectivity index (χ0) is 19.6. The molecule has 1 fully saturated rings. The van der Waals surface area contributed by atoms with Gasteiger partial charge in [0.15, 0.2) is 11.6 Å². The van der Waals surface area contributed by atoms with Crippen LogP contribution in [-0.4, -0.2) is 31.5 Å². The van der Waals surface area contributed by atoms with Crippen molar-refractivity contribution >= 4 is 12.0 Å². The molecule has 27 heavy (non-hydrogen) atoms. The van der Waals surface area contributed by atoms with E-state index in [2.05, 4.69) is 23.7 Å². The molecule has 2 heterocycles. The average molecular weight is 370 g/mol. The predicted molar refractivity (Wildman–Crippen MR) is 106 cm³/mol. The van der Waals surface area contributed by atoms with Crippen molar-refractivity contribution in [1.82, 2.24) is 4.98 Å². The minimum atomic E-state index is -0.402. The summed E-state index contributed by atoms with van der Waals surface area (Å²) < 4.78 is 20.2. The standard InChI is InChI=1S/C22H27FN2O2/c1-15-16(8-13-26)21(25-11-9-22(2,3)10-12-25)18(14-24-15)17-6-5-7-19(27-4)20(17)23/h5-7,13-14H,8-12H2,1-4H3. The molecule has 1 aliphatic heterocycles. The van der Waals surface area contributed by atoms with Crippen LogP contribution in [0.1, 0.15) is 37.9 Å². The van der Waals surface area contributed by atoms with Crippen LogP contribution in [0, 0.1) is 18.2 Å². The largest absolute Gasteiger partial charge is 0.494 e. The average Bonchev–Trinajstić information content (AvgIpc) is 2.64. The number of carbonyl (C=O) groups excluding carboxylic acids is 1. The maximum atomic E-state index is 15.0. The summed E-state index contributed by atoms with van der Waals surface area (Å²) in [7, 11) is 1.46. The summed E-state index contributed by atoms with van der Waals surface area (Å²) in [6.45, 7) is 8.21. The van der Waals surface area contributed by atoms with Gasteiger partial charge in [-0.25, -0.2) is 4.39 Å². The molecular formula is C22H27FN2O2. The number of aromatic nitrogens is 1. The van der Waals surface area contributed by atoms with E-state index in [1.165, 1.54) is 7.11 Å². The summed E-state index contributed by atoms with van der Waals surface area (Å²) in [5.74, 6) is -0.197. The van der Waals surface area contributed by atoms with Gasteiger partial charge in [-0.15, -0.1) is 0 Å². The zero-order valence-corrected chi connectivity index (χ0v) is 16.5. The number of halogens is 1. The first kappa shape index (κ1) is 19.3. The second-order valence-corrected chi connectivity index (χ2v) is 7.93. The van der Waals surface area contributed by atoms with E-state index >= 15 is 4.39 Å². The van der Waals surface area contributed by atoms with E-state index in [0.29, 0.717) is 16.5 Å². The maximum Gasteiger partial charge on any atom is 0.172 e. The number of benzene rings is 1. The van der Waals surface area contributed by atoms with E-state index in [9.17, 15) is 4.79 Å². The quantitative estimate of drug-likeness (QED) is 0.723. The number of ether oxygens (including phenoxy) is 1. The fourth-order valence-electron chi connectivity index (χ4n) is 3.73. The number of anilines is 1. The molecule has 1 saturated heterocycles. The van der Waals surface area contributed by atoms with Crippen LogP contribution in [-0.2, 0) is 11.2 Å². The molecule has 0 radical (unpaired) electrons. The number of pyridine rings is 1. The van der Waals surface area contributed by atoms with Crippen molar-refractivity contribution in [1.29, 1.82) is 0 Å². The normalized spacial score (nSPS) is 16.3. The Labute approximate surface area is 160 Å². The Bertz CT molecular complexity index is 838. The number of methoxy groups -OCH3 is 1. The van der Waals surface area contributed by atoms with Gasteiger partial charge < -0.3 is 14.4 Å². The molecule has 0 atom stereocenters. The van der Waals surface area contributed by atoms with Crippen LogP contribution in [0.3, 0.4) is 0 Å². The highest BCUT2D eigenvalue weighted by molar-refractivity contribution is 5.83. The van der Waals surface area contributed by atoms with Crippen LogP contribution in [0.4, 0.5) is 10.1 Å². The summed E-state index contributed by atoms with van der Waals surface area (Å²) >= 11 is 0. The SMILES string of the molecule is COc1cccc(-c2cnc(C)c(CC=O)c2N2CCC(C)(C)CC2)c1F. The van der Waals surface area contributed by atoms with Gasteiger partial charge in [-0.2, -0.15) is 0 Å². The molecule has 144 valence electrons. The topological polar surface area (TPSA) is 42.4 Å². The Morgan fingerprint density at radius 3 is 2.59 bits per heavy atom. The first-order valence-electron chi connectivity index (χ1n) is 9.38. The molecule has 1 aromatic heterocycles. The number of piperidine rings is 1. The Hall–Kier alpha value is -2.43. The number of nitrogens with zero attached hydrogens (tertiary/aromatic N) is 2. The van der Waals surface area contributed by atoms with E-state index < -0.39 is 5.82 Å². The van der Waals surface area contributed by atoms with Crippen molar-refractivity contribution in [2.75, 3.05) is 25.1 Å². The fraction of sp³-hybridized carbons (Fsp3) is 0.455. The second-order valence-electron chi connectivity index (χ2n) is 7.93. The third kappa shape index (κ3) is 3.82. The number of aryl methyl sites for hydroxylation is 1. The Kier molecular flexibility index (Phi) is 5.49. The van der Waals surface area contributed by atoms with E-state index in [4.69, 9.17) is 4.74 Å².